The van der Waals surface area contributed by atoms with Crippen molar-refractivity contribution in [3.05, 3.63) is 77.7 Å². The summed E-state index contributed by atoms with van der Waals surface area (Å²) < 4.78 is 5.85. The van der Waals surface area contributed by atoms with Gasteiger partial charge in [0.05, 0.1) is 5.52 Å². The van der Waals surface area contributed by atoms with E-state index in [4.69, 9.17) is 4.42 Å². The number of hydrogen-bond acceptors (Lipinski definition) is 4. The molecule has 0 aliphatic rings. The van der Waals surface area contributed by atoms with Gasteiger partial charge in [-0.25, -0.2) is 0 Å². The molecule has 0 bridgehead atoms. The van der Waals surface area contributed by atoms with Crippen molar-refractivity contribution >= 4 is 39.5 Å². The summed E-state index contributed by atoms with van der Waals surface area (Å²) in [6, 6.07) is 17.9. The van der Waals surface area contributed by atoms with Gasteiger partial charge in [-0.2, -0.15) is 11.8 Å². The first-order chi connectivity index (χ1) is 13.3. The number of pyridine rings is 1. The zero-order valence-corrected chi connectivity index (χ0v) is 15.9. The van der Waals surface area contributed by atoms with Gasteiger partial charge in [0, 0.05) is 34.8 Å². The molecule has 1 amide bonds. The Hall–Kier alpha value is -2.79. The highest BCUT2D eigenvalue weighted by Crippen LogP contribution is 2.28. The average molecular weight is 376 g/mol. The summed E-state index contributed by atoms with van der Waals surface area (Å²) in [5, 5.41) is 5.12. The quantitative estimate of drug-likeness (QED) is 0.524. The van der Waals surface area contributed by atoms with Crippen molar-refractivity contribution in [2.24, 2.45) is 0 Å². The van der Waals surface area contributed by atoms with Crippen molar-refractivity contribution in [1.82, 2.24) is 10.3 Å². The molecule has 0 saturated carbocycles. The predicted molar refractivity (Wildman–Crippen MR) is 111 cm³/mol. The fraction of sp³-hybridized carbons (Fsp3) is 0.182. The lowest BCUT2D eigenvalue weighted by Crippen LogP contribution is -2.26. The topological polar surface area (TPSA) is 55.1 Å². The van der Waals surface area contributed by atoms with Crippen molar-refractivity contribution in [3.8, 4) is 0 Å². The van der Waals surface area contributed by atoms with Crippen LogP contribution in [0.1, 0.15) is 21.7 Å². The largest absolute Gasteiger partial charge is 0.451 e. The van der Waals surface area contributed by atoms with E-state index in [1.54, 1.807) is 18.0 Å². The zero-order valence-electron chi connectivity index (χ0n) is 15.1. The van der Waals surface area contributed by atoms with Gasteiger partial charge in [-0.05, 0) is 30.4 Å². The lowest BCUT2D eigenvalue weighted by molar-refractivity contribution is 0.0927. The smallest absolute Gasteiger partial charge is 0.287 e. The maximum absolute atomic E-state index is 12.7. The minimum absolute atomic E-state index is 0.163. The number of fused-ring (bicyclic) bond motifs is 2. The fourth-order valence-corrected chi connectivity index (χ4v) is 3.91. The SMILES string of the molecule is CSCc1c(C(=O)NCCc2cccc3cccnc23)oc2ccccc12. The highest BCUT2D eigenvalue weighted by Gasteiger charge is 2.19. The molecular formula is C22H20N2O2S. The monoisotopic (exact) mass is 376 g/mol. The number of furan rings is 1. The van der Waals surface area contributed by atoms with Crippen molar-refractivity contribution in [3.63, 3.8) is 0 Å². The molecule has 2 heterocycles. The number of nitrogens with zero attached hydrogens (tertiary/aromatic N) is 1. The number of hydrogen-bond donors (Lipinski definition) is 1. The number of aromatic nitrogens is 1. The number of carbonyl (C=O) groups is 1. The molecule has 0 aliphatic heterocycles. The number of nitrogens with one attached hydrogen (secondary N) is 1. The summed E-state index contributed by atoms with van der Waals surface area (Å²) in [4.78, 5) is 17.2. The normalized spacial score (nSPS) is 11.1. The second kappa shape index (κ2) is 7.84. The minimum atomic E-state index is -0.163. The van der Waals surface area contributed by atoms with E-state index in [0.717, 1.165) is 45.2 Å². The predicted octanol–water partition coefficient (Wildman–Crippen LogP) is 4.82. The zero-order chi connectivity index (χ0) is 18.6. The van der Waals surface area contributed by atoms with E-state index in [-0.39, 0.29) is 5.91 Å². The van der Waals surface area contributed by atoms with E-state index < -0.39 is 0 Å². The molecule has 0 unspecified atom stereocenters. The first-order valence-corrected chi connectivity index (χ1v) is 10.3. The summed E-state index contributed by atoms with van der Waals surface area (Å²) >= 11 is 1.68. The first kappa shape index (κ1) is 17.6. The van der Waals surface area contributed by atoms with E-state index in [0.29, 0.717) is 12.3 Å². The summed E-state index contributed by atoms with van der Waals surface area (Å²) in [7, 11) is 0. The van der Waals surface area contributed by atoms with Crippen LogP contribution in [0.5, 0.6) is 0 Å². The molecule has 0 spiro atoms. The van der Waals surface area contributed by atoms with Gasteiger partial charge < -0.3 is 9.73 Å². The van der Waals surface area contributed by atoms with Crippen molar-refractivity contribution in [2.75, 3.05) is 12.8 Å². The Morgan fingerprint density at radius 2 is 1.96 bits per heavy atom. The van der Waals surface area contributed by atoms with Gasteiger partial charge in [-0.3, -0.25) is 9.78 Å². The van der Waals surface area contributed by atoms with Crippen LogP contribution in [0.4, 0.5) is 0 Å². The van der Waals surface area contributed by atoms with E-state index in [9.17, 15) is 4.79 Å². The van der Waals surface area contributed by atoms with Crippen molar-refractivity contribution in [2.45, 2.75) is 12.2 Å². The third-order valence-electron chi connectivity index (χ3n) is 4.59. The van der Waals surface area contributed by atoms with Crippen LogP contribution in [0.2, 0.25) is 0 Å². The average Bonchev–Trinajstić information content (AvgIpc) is 3.07. The molecule has 1 N–H and O–H groups in total. The number of amides is 1. The van der Waals surface area contributed by atoms with Crippen LogP contribution in [-0.4, -0.2) is 23.7 Å². The van der Waals surface area contributed by atoms with Crippen LogP contribution < -0.4 is 5.32 Å². The van der Waals surface area contributed by atoms with Gasteiger partial charge in [0.15, 0.2) is 5.76 Å². The van der Waals surface area contributed by atoms with Crippen LogP contribution in [-0.2, 0) is 12.2 Å². The maximum Gasteiger partial charge on any atom is 0.287 e. The van der Waals surface area contributed by atoms with Crippen LogP contribution in [0, 0.1) is 0 Å². The molecule has 0 atom stereocenters. The third-order valence-corrected chi connectivity index (χ3v) is 5.17. The Balaban J connectivity index is 1.51. The van der Waals surface area contributed by atoms with Gasteiger partial charge in [0.2, 0.25) is 0 Å². The highest BCUT2D eigenvalue weighted by atomic mass is 32.2. The Labute approximate surface area is 162 Å². The molecule has 27 heavy (non-hydrogen) atoms. The standard InChI is InChI=1S/C22H20N2O2S/c1-27-14-18-17-9-2-3-10-19(17)26-21(18)22(25)24-13-11-16-7-4-6-15-8-5-12-23-20(15)16/h2-10,12H,11,13-14H2,1H3,(H,24,25). The molecule has 4 rings (SSSR count). The lowest BCUT2D eigenvalue weighted by atomic mass is 10.1. The van der Waals surface area contributed by atoms with Crippen LogP contribution in [0.15, 0.2) is 65.2 Å². The second-order valence-electron chi connectivity index (χ2n) is 6.34. The molecule has 136 valence electrons. The summed E-state index contributed by atoms with van der Waals surface area (Å²) in [5.41, 5.74) is 3.83. The van der Waals surface area contributed by atoms with E-state index in [1.807, 2.05) is 54.8 Å². The number of thioether (sulfide) groups is 1. The Bertz CT molecular complexity index is 1100. The summed E-state index contributed by atoms with van der Waals surface area (Å²) in [6.07, 6.45) is 4.54. The number of para-hydroxylation sites is 2. The van der Waals surface area contributed by atoms with E-state index >= 15 is 0 Å². The van der Waals surface area contributed by atoms with Crippen LogP contribution in [0.3, 0.4) is 0 Å². The lowest BCUT2D eigenvalue weighted by Gasteiger charge is -2.07. The molecule has 0 fully saturated rings. The van der Waals surface area contributed by atoms with Crippen molar-refractivity contribution in [1.29, 1.82) is 0 Å². The molecule has 4 aromatic rings. The molecule has 0 radical (unpaired) electrons. The molecule has 2 aromatic heterocycles. The number of rotatable bonds is 6. The minimum Gasteiger partial charge on any atom is -0.451 e. The van der Waals surface area contributed by atoms with Gasteiger partial charge in [0.25, 0.3) is 5.91 Å². The Morgan fingerprint density at radius 1 is 1.11 bits per heavy atom. The van der Waals surface area contributed by atoms with Crippen molar-refractivity contribution < 1.29 is 9.21 Å². The number of benzene rings is 2. The molecule has 4 nitrogen and oxygen atoms in total. The molecular weight excluding hydrogens is 356 g/mol. The summed E-state index contributed by atoms with van der Waals surface area (Å²) in [5.74, 6) is 0.998. The third kappa shape index (κ3) is 3.55. The maximum atomic E-state index is 12.7. The highest BCUT2D eigenvalue weighted by molar-refractivity contribution is 7.97. The van der Waals surface area contributed by atoms with Crippen LogP contribution >= 0.6 is 11.8 Å². The molecule has 5 heteroatoms. The van der Waals surface area contributed by atoms with E-state index in [1.165, 1.54) is 0 Å². The molecule has 2 aromatic carbocycles. The van der Waals surface area contributed by atoms with Gasteiger partial charge in [-0.15, -0.1) is 0 Å². The van der Waals surface area contributed by atoms with Gasteiger partial charge in [-0.1, -0.05) is 42.5 Å². The summed E-state index contributed by atoms with van der Waals surface area (Å²) in [6.45, 7) is 0.532. The van der Waals surface area contributed by atoms with Crippen LogP contribution in [0.25, 0.3) is 21.9 Å². The Morgan fingerprint density at radius 3 is 2.85 bits per heavy atom. The fourth-order valence-electron chi connectivity index (χ4n) is 3.33. The number of carbonyl (C=O) groups excluding carboxylic acids is 1. The molecule has 0 saturated heterocycles. The first-order valence-electron chi connectivity index (χ1n) is 8.88. The van der Waals surface area contributed by atoms with E-state index in [2.05, 4.69) is 16.4 Å². The van der Waals surface area contributed by atoms with Gasteiger partial charge >= 0.3 is 0 Å². The van der Waals surface area contributed by atoms with Gasteiger partial charge in [0.1, 0.15) is 5.58 Å². The molecule has 0 aliphatic carbocycles. The second-order valence-corrected chi connectivity index (χ2v) is 7.20. The Kier molecular flexibility index (Phi) is 5.12.